The van der Waals surface area contributed by atoms with Gasteiger partial charge >= 0.3 is 0 Å². The van der Waals surface area contributed by atoms with Crippen molar-refractivity contribution in [2.45, 2.75) is 0 Å². The van der Waals surface area contributed by atoms with Gasteiger partial charge in [-0.15, -0.1) is 0 Å². The van der Waals surface area contributed by atoms with Crippen molar-refractivity contribution in [3.63, 3.8) is 0 Å². The predicted molar refractivity (Wildman–Crippen MR) is 183 cm³/mol. The van der Waals surface area contributed by atoms with Crippen molar-refractivity contribution >= 4 is 43.1 Å². The average molecular weight is 560 g/mol. The molecule has 0 N–H and O–H groups in total. The molecule has 9 rings (SSSR count). The predicted octanol–water partition coefficient (Wildman–Crippen LogP) is 10.6. The van der Waals surface area contributed by atoms with Gasteiger partial charge in [-0.1, -0.05) is 133 Å². The van der Waals surface area contributed by atoms with Gasteiger partial charge in [0.05, 0.1) is 11.4 Å². The maximum absolute atomic E-state index is 5.21. The number of aromatic nitrogens is 3. The summed E-state index contributed by atoms with van der Waals surface area (Å²) < 4.78 is 0. The van der Waals surface area contributed by atoms with E-state index >= 15 is 0 Å². The van der Waals surface area contributed by atoms with Gasteiger partial charge < -0.3 is 0 Å². The number of fused-ring (bicyclic) bond motifs is 1. The molecule has 0 amide bonds. The molecule has 0 spiro atoms. The van der Waals surface area contributed by atoms with Gasteiger partial charge in [-0.05, 0) is 49.3 Å². The first-order chi connectivity index (χ1) is 21.8. The number of pyridine rings is 1. The minimum absolute atomic E-state index is 0.703. The fraction of sp³-hybridized carbons (Fsp3) is 0. The minimum Gasteiger partial charge on any atom is -0.263 e. The summed E-state index contributed by atoms with van der Waals surface area (Å²) in [5.74, 6) is 0.703. The molecule has 0 radical (unpaired) electrons. The third kappa shape index (κ3) is 3.94. The molecular formula is C41H25N3. The van der Waals surface area contributed by atoms with E-state index in [1.54, 1.807) is 0 Å². The Morgan fingerprint density at radius 3 is 1.86 bits per heavy atom. The summed E-state index contributed by atoms with van der Waals surface area (Å²) in [6, 6.07) is 49.3. The molecule has 9 aromatic rings. The second-order valence-corrected chi connectivity index (χ2v) is 11.3. The van der Waals surface area contributed by atoms with Crippen molar-refractivity contribution in [2.24, 2.45) is 0 Å². The quantitative estimate of drug-likeness (QED) is 0.201. The van der Waals surface area contributed by atoms with Crippen LogP contribution in [0.1, 0.15) is 0 Å². The lowest BCUT2D eigenvalue weighted by Gasteiger charge is -2.15. The second kappa shape index (κ2) is 9.82. The van der Waals surface area contributed by atoms with E-state index in [-0.39, 0.29) is 0 Å². The van der Waals surface area contributed by atoms with Crippen molar-refractivity contribution in [3.8, 4) is 45.0 Å². The van der Waals surface area contributed by atoms with Crippen LogP contribution in [0.15, 0.2) is 152 Å². The van der Waals surface area contributed by atoms with Crippen LogP contribution in [0.3, 0.4) is 0 Å². The lowest BCUT2D eigenvalue weighted by molar-refractivity contribution is 1.19. The fourth-order valence-electron chi connectivity index (χ4n) is 6.58. The molecule has 0 bridgehead atoms. The Kier molecular flexibility index (Phi) is 5.50. The zero-order valence-corrected chi connectivity index (χ0v) is 23.8. The molecule has 0 fully saturated rings. The van der Waals surface area contributed by atoms with E-state index in [2.05, 4.69) is 132 Å². The summed E-state index contributed by atoms with van der Waals surface area (Å²) in [6.07, 6.45) is 3.85. The highest BCUT2D eigenvalue weighted by molar-refractivity contribution is 6.25. The molecule has 0 unspecified atom stereocenters. The Morgan fingerprint density at radius 1 is 0.364 bits per heavy atom. The lowest BCUT2D eigenvalue weighted by Crippen LogP contribution is -1.97. The van der Waals surface area contributed by atoms with Gasteiger partial charge in [0.15, 0.2) is 5.82 Å². The van der Waals surface area contributed by atoms with Crippen molar-refractivity contribution in [2.75, 3.05) is 0 Å². The van der Waals surface area contributed by atoms with E-state index < -0.39 is 0 Å². The Bertz CT molecular complexity index is 2460. The van der Waals surface area contributed by atoms with Crippen LogP contribution in [0.25, 0.3) is 88.1 Å². The van der Waals surface area contributed by atoms with Gasteiger partial charge in [0.1, 0.15) is 0 Å². The summed E-state index contributed by atoms with van der Waals surface area (Å²) in [4.78, 5) is 14.8. The largest absolute Gasteiger partial charge is 0.263 e. The second-order valence-electron chi connectivity index (χ2n) is 11.3. The van der Waals surface area contributed by atoms with Crippen LogP contribution >= 0.6 is 0 Å². The zero-order valence-electron chi connectivity index (χ0n) is 23.8. The van der Waals surface area contributed by atoms with Gasteiger partial charge in [0, 0.05) is 40.0 Å². The van der Waals surface area contributed by atoms with Gasteiger partial charge in [-0.2, -0.15) is 0 Å². The third-order valence-electron chi connectivity index (χ3n) is 8.72. The van der Waals surface area contributed by atoms with Crippen LogP contribution in [-0.2, 0) is 0 Å². The molecular weight excluding hydrogens is 534 g/mol. The molecule has 0 aliphatic rings. The van der Waals surface area contributed by atoms with Crippen LogP contribution in [0.2, 0.25) is 0 Å². The highest BCUT2D eigenvalue weighted by Gasteiger charge is 2.16. The van der Waals surface area contributed by atoms with Crippen LogP contribution in [0.5, 0.6) is 0 Å². The molecule has 0 saturated heterocycles. The van der Waals surface area contributed by atoms with Crippen molar-refractivity contribution in [1.29, 1.82) is 0 Å². The molecule has 0 saturated carbocycles. The number of hydrogen-bond donors (Lipinski definition) is 0. The Morgan fingerprint density at radius 2 is 1.02 bits per heavy atom. The number of nitrogens with zero attached hydrogens (tertiary/aromatic N) is 3. The minimum atomic E-state index is 0.703. The molecule has 0 atom stereocenters. The van der Waals surface area contributed by atoms with Crippen LogP contribution in [0.4, 0.5) is 0 Å². The van der Waals surface area contributed by atoms with Gasteiger partial charge in [-0.3, -0.25) is 4.98 Å². The smallest absolute Gasteiger partial charge is 0.160 e. The SMILES string of the molecule is c1ccc(-c2cc(-c3ccc4ccc5cccc6ccc3c4c56)nc(-c3ccc(-c4cncc5ccccc45)cc3)n2)cc1. The summed E-state index contributed by atoms with van der Waals surface area (Å²) >= 11 is 0. The summed E-state index contributed by atoms with van der Waals surface area (Å²) in [5.41, 5.74) is 7.18. The van der Waals surface area contributed by atoms with Crippen LogP contribution in [0, 0.1) is 0 Å². The van der Waals surface area contributed by atoms with E-state index in [4.69, 9.17) is 9.97 Å². The molecule has 44 heavy (non-hydrogen) atoms. The summed E-state index contributed by atoms with van der Waals surface area (Å²) in [6.45, 7) is 0. The van der Waals surface area contributed by atoms with E-state index in [1.165, 1.54) is 37.7 Å². The molecule has 3 heteroatoms. The molecule has 3 nitrogen and oxygen atoms in total. The molecule has 0 aliphatic carbocycles. The number of hydrogen-bond acceptors (Lipinski definition) is 3. The van der Waals surface area contributed by atoms with Gasteiger partial charge in [0.25, 0.3) is 0 Å². The maximum Gasteiger partial charge on any atom is 0.160 e. The van der Waals surface area contributed by atoms with Crippen molar-refractivity contribution < 1.29 is 0 Å². The Labute approximate surface area is 254 Å². The normalized spacial score (nSPS) is 11.6. The molecule has 0 aliphatic heterocycles. The maximum atomic E-state index is 5.21. The van der Waals surface area contributed by atoms with Crippen LogP contribution in [-0.4, -0.2) is 15.0 Å². The van der Waals surface area contributed by atoms with E-state index in [0.717, 1.165) is 44.6 Å². The first-order valence-electron chi connectivity index (χ1n) is 14.9. The fourth-order valence-corrected chi connectivity index (χ4v) is 6.58. The standard InChI is InChI=1S/C41H25N3/c1-2-7-27(8-3-1)37-23-38(34-21-19-30-16-15-28-10-6-11-29-20-22-35(34)40(30)39(28)29)44-41(43-37)31-17-13-26(14-18-31)36-25-42-24-32-9-4-5-12-33(32)36/h1-25H. The number of rotatable bonds is 4. The Hall–Kier alpha value is -5.93. The van der Waals surface area contributed by atoms with Gasteiger partial charge in [0.2, 0.25) is 0 Å². The first-order valence-corrected chi connectivity index (χ1v) is 14.9. The summed E-state index contributed by atoms with van der Waals surface area (Å²) in [7, 11) is 0. The van der Waals surface area contributed by atoms with E-state index in [9.17, 15) is 0 Å². The third-order valence-corrected chi connectivity index (χ3v) is 8.72. The monoisotopic (exact) mass is 559 g/mol. The summed E-state index contributed by atoms with van der Waals surface area (Å²) in [5, 5.41) is 9.87. The highest BCUT2D eigenvalue weighted by atomic mass is 14.9. The number of benzene rings is 7. The topological polar surface area (TPSA) is 38.7 Å². The van der Waals surface area contributed by atoms with E-state index in [0.29, 0.717) is 5.82 Å². The van der Waals surface area contributed by atoms with Crippen LogP contribution < -0.4 is 0 Å². The first kappa shape index (κ1) is 24.6. The lowest BCUT2D eigenvalue weighted by atomic mass is 9.91. The molecule has 2 heterocycles. The van der Waals surface area contributed by atoms with Crippen molar-refractivity contribution in [3.05, 3.63) is 152 Å². The van der Waals surface area contributed by atoms with E-state index in [1.807, 2.05) is 24.5 Å². The molecule has 2 aromatic heterocycles. The van der Waals surface area contributed by atoms with Gasteiger partial charge in [-0.25, -0.2) is 9.97 Å². The highest BCUT2D eigenvalue weighted by Crippen LogP contribution is 2.40. The zero-order chi connectivity index (χ0) is 29.0. The molecule has 204 valence electrons. The molecule has 7 aromatic carbocycles. The Balaban J connectivity index is 1.23. The van der Waals surface area contributed by atoms with Crippen molar-refractivity contribution in [1.82, 2.24) is 15.0 Å². The average Bonchev–Trinajstić information content (AvgIpc) is 3.10.